The molecule has 0 spiro atoms. The number of nitrogens with zero attached hydrogens (tertiary/aromatic N) is 3. The third-order valence-electron chi connectivity index (χ3n) is 5.58. The van der Waals surface area contributed by atoms with Crippen LogP contribution in [0.4, 0.5) is 0 Å². The summed E-state index contributed by atoms with van der Waals surface area (Å²) in [5, 5.41) is 0. The molecule has 192 valence electrons. The first-order valence-electron chi connectivity index (χ1n) is 11.5. The fraction of sp³-hybridized carbons (Fsp3) is 0.231. The van der Waals surface area contributed by atoms with Crippen molar-refractivity contribution in [1.29, 1.82) is 0 Å². The Balaban J connectivity index is 1.73. The number of nitrogens with one attached hydrogen (secondary N) is 1. The number of hydrogen-bond acceptors (Lipinski definition) is 8. The number of fused-ring (bicyclic) bond motifs is 1. The van der Waals surface area contributed by atoms with Gasteiger partial charge in [-0.15, -0.1) is 0 Å². The zero-order chi connectivity index (χ0) is 26.6. The molecule has 0 saturated heterocycles. The normalized spacial score (nSPS) is 12.2. The molecular formula is C26H26N4O5S2. The van der Waals surface area contributed by atoms with Gasteiger partial charge in [0.05, 0.1) is 16.6 Å². The number of hydrogen-bond donors (Lipinski definition) is 1. The summed E-state index contributed by atoms with van der Waals surface area (Å²) < 4.78 is 42.6. The molecule has 11 heteroatoms. The summed E-state index contributed by atoms with van der Waals surface area (Å²) in [5.74, 6) is -0.637. The van der Waals surface area contributed by atoms with Crippen molar-refractivity contribution in [3.05, 3.63) is 83.4 Å². The van der Waals surface area contributed by atoms with Crippen LogP contribution in [-0.4, -0.2) is 48.0 Å². The Morgan fingerprint density at radius 2 is 1.73 bits per heavy atom. The van der Waals surface area contributed by atoms with Gasteiger partial charge in [0.15, 0.2) is 0 Å². The fourth-order valence-electron chi connectivity index (χ4n) is 3.76. The van der Waals surface area contributed by atoms with Gasteiger partial charge in [0.25, 0.3) is 21.8 Å². The average Bonchev–Trinajstić information content (AvgIpc) is 3.35. The first-order chi connectivity index (χ1) is 17.7. The molecule has 1 N–H and O–H groups in total. The lowest BCUT2D eigenvalue weighted by molar-refractivity contribution is -0.126. The predicted octanol–water partition coefficient (Wildman–Crippen LogP) is 3.97. The van der Waals surface area contributed by atoms with Gasteiger partial charge in [0, 0.05) is 25.2 Å². The van der Waals surface area contributed by atoms with Gasteiger partial charge in [-0.25, -0.2) is 13.1 Å². The number of carbonyl (C=O) groups excluding carboxylic acids is 2. The molecule has 0 radical (unpaired) electrons. The highest BCUT2D eigenvalue weighted by Crippen LogP contribution is 2.30. The molecule has 0 aliphatic carbocycles. The van der Waals surface area contributed by atoms with E-state index in [4.69, 9.17) is 4.74 Å². The molecule has 0 aliphatic heterocycles. The van der Waals surface area contributed by atoms with Crippen molar-refractivity contribution >= 4 is 44.6 Å². The molecule has 3 aromatic carbocycles. The molecule has 1 unspecified atom stereocenters. The van der Waals surface area contributed by atoms with Crippen LogP contribution in [0.15, 0.2) is 71.6 Å². The Labute approximate surface area is 219 Å². The number of aryl methyl sites for hydroxylation is 1. The van der Waals surface area contributed by atoms with Gasteiger partial charge >= 0.3 is 0 Å². The predicted molar refractivity (Wildman–Crippen MR) is 141 cm³/mol. The summed E-state index contributed by atoms with van der Waals surface area (Å²) in [6.07, 6.45) is 0.0527. The van der Waals surface area contributed by atoms with Gasteiger partial charge in [-0.1, -0.05) is 37.6 Å². The number of sulfonamides is 1. The summed E-state index contributed by atoms with van der Waals surface area (Å²) in [6.45, 7) is 1.99. The molecule has 1 atom stereocenters. The number of aromatic nitrogens is 2. The number of carbonyl (C=O) groups is 2. The largest absolute Gasteiger partial charge is 0.475 e. The minimum absolute atomic E-state index is 0.0422. The van der Waals surface area contributed by atoms with E-state index in [1.807, 2.05) is 6.92 Å². The standard InChI is InChI=1S/C26H26N4O5S2/c1-4-8-17-15-19(26(32)30(2)3)12-14-23(17)35-24(18-11-13-21-22(16-18)28-36-27-21)25(31)29-37(33,34)20-9-6-5-7-10-20/h5-7,9-16,24H,4,8H2,1-3H3,(H,29,31). The smallest absolute Gasteiger partial charge is 0.279 e. The van der Waals surface area contributed by atoms with Crippen LogP contribution in [0.1, 0.15) is 40.9 Å². The maximum Gasteiger partial charge on any atom is 0.279 e. The summed E-state index contributed by atoms with van der Waals surface area (Å²) in [4.78, 5) is 27.4. The van der Waals surface area contributed by atoms with E-state index < -0.39 is 22.0 Å². The number of rotatable bonds is 9. The Kier molecular flexibility index (Phi) is 7.84. The number of benzene rings is 3. The van der Waals surface area contributed by atoms with E-state index >= 15 is 0 Å². The lowest BCUT2D eigenvalue weighted by Gasteiger charge is -2.22. The minimum atomic E-state index is -4.14. The lowest BCUT2D eigenvalue weighted by atomic mass is 10.0. The van der Waals surface area contributed by atoms with E-state index in [9.17, 15) is 18.0 Å². The highest BCUT2D eigenvalue weighted by molar-refractivity contribution is 7.90. The van der Waals surface area contributed by atoms with E-state index in [1.54, 1.807) is 68.7 Å². The fourth-order valence-corrected chi connectivity index (χ4v) is 5.28. The first kappa shape index (κ1) is 26.2. The molecule has 2 amide bonds. The van der Waals surface area contributed by atoms with E-state index in [2.05, 4.69) is 13.5 Å². The van der Waals surface area contributed by atoms with Gasteiger partial charge in [-0.3, -0.25) is 9.59 Å². The molecule has 0 bridgehead atoms. The zero-order valence-corrected chi connectivity index (χ0v) is 22.2. The van der Waals surface area contributed by atoms with Crippen molar-refractivity contribution in [2.24, 2.45) is 0 Å². The number of amides is 2. The Morgan fingerprint density at radius 1 is 1.00 bits per heavy atom. The van der Waals surface area contributed by atoms with Crippen LogP contribution < -0.4 is 9.46 Å². The van der Waals surface area contributed by atoms with Gasteiger partial charge < -0.3 is 9.64 Å². The monoisotopic (exact) mass is 538 g/mol. The quantitative estimate of drug-likeness (QED) is 0.343. The Hall–Kier alpha value is -3.83. The maximum absolute atomic E-state index is 13.4. The molecule has 0 saturated carbocycles. The van der Waals surface area contributed by atoms with Crippen LogP contribution in [0.25, 0.3) is 11.0 Å². The van der Waals surface area contributed by atoms with Crippen LogP contribution in [0, 0.1) is 0 Å². The third-order valence-corrected chi connectivity index (χ3v) is 7.50. The van der Waals surface area contributed by atoms with Crippen LogP contribution >= 0.6 is 11.7 Å². The van der Waals surface area contributed by atoms with E-state index in [-0.39, 0.29) is 10.8 Å². The van der Waals surface area contributed by atoms with E-state index in [1.165, 1.54) is 17.0 Å². The average molecular weight is 539 g/mol. The second-order valence-electron chi connectivity index (χ2n) is 8.57. The third kappa shape index (κ3) is 5.95. The van der Waals surface area contributed by atoms with Crippen molar-refractivity contribution in [3.8, 4) is 5.75 Å². The molecule has 9 nitrogen and oxygen atoms in total. The van der Waals surface area contributed by atoms with Crippen LogP contribution in [-0.2, 0) is 21.2 Å². The molecule has 1 aromatic heterocycles. The van der Waals surface area contributed by atoms with Crippen molar-refractivity contribution in [1.82, 2.24) is 18.4 Å². The van der Waals surface area contributed by atoms with E-state index in [0.717, 1.165) is 23.7 Å². The van der Waals surface area contributed by atoms with Gasteiger partial charge in [0.2, 0.25) is 6.10 Å². The number of ether oxygens (including phenoxy) is 1. The molecular weight excluding hydrogens is 512 g/mol. The first-order valence-corrected chi connectivity index (χ1v) is 13.8. The maximum atomic E-state index is 13.4. The van der Waals surface area contributed by atoms with E-state index in [0.29, 0.717) is 34.3 Å². The molecule has 0 fully saturated rings. The Bertz CT molecular complexity index is 1540. The van der Waals surface area contributed by atoms with Gasteiger partial charge in [-0.05, 0) is 54.4 Å². The summed E-state index contributed by atoms with van der Waals surface area (Å²) in [7, 11) is -0.800. The summed E-state index contributed by atoms with van der Waals surface area (Å²) in [6, 6.07) is 17.7. The zero-order valence-electron chi connectivity index (χ0n) is 20.5. The molecule has 37 heavy (non-hydrogen) atoms. The van der Waals surface area contributed by atoms with Gasteiger partial charge in [0.1, 0.15) is 16.8 Å². The van der Waals surface area contributed by atoms with Crippen LogP contribution in [0.2, 0.25) is 0 Å². The molecule has 0 aliphatic rings. The lowest BCUT2D eigenvalue weighted by Crippen LogP contribution is -2.37. The van der Waals surface area contributed by atoms with Crippen molar-refractivity contribution in [2.45, 2.75) is 30.8 Å². The molecule has 4 rings (SSSR count). The molecule has 4 aromatic rings. The van der Waals surface area contributed by atoms with Crippen molar-refractivity contribution in [2.75, 3.05) is 14.1 Å². The van der Waals surface area contributed by atoms with Crippen molar-refractivity contribution < 1.29 is 22.7 Å². The topological polar surface area (TPSA) is 119 Å². The highest BCUT2D eigenvalue weighted by atomic mass is 32.2. The van der Waals surface area contributed by atoms with Crippen LogP contribution in [0.5, 0.6) is 5.75 Å². The summed E-state index contributed by atoms with van der Waals surface area (Å²) in [5.41, 5.74) is 2.86. The minimum Gasteiger partial charge on any atom is -0.475 e. The van der Waals surface area contributed by atoms with Gasteiger partial charge in [-0.2, -0.15) is 8.75 Å². The van der Waals surface area contributed by atoms with Crippen molar-refractivity contribution in [3.63, 3.8) is 0 Å². The second-order valence-corrected chi connectivity index (χ2v) is 10.8. The SMILES string of the molecule is CCCc1cc(C(=O)N(C)C)ccc1OC(C(=O)NS(=O)(=O)c1ccccc1)c1ccc2nsnc2c1. The summed E-state index contributed by atoms with van der Waals surface area (Å²) >= 11 is 1.04. The Morgan fingerprint density at radius 3 is 2.43 bits per heavy atom. The molecule has 1 heterocycles. The van der Waals surface area contributed by atoms with Crippen LogP contribution in [0.3, 0.4) is 0 Å². The second kappa shape index (κ2) is 11.1. The highest BCUT2D eigenvalue weighted by Gasteiger charge is 2.29.